The van der Waals surface area contributed by atoms with Gasteiger partial charge >= 0.3 is 0 Å². The first-order valence-electron chi connectivity index (χ1n) is 10.2. The highest BCUT2D eigenvalue weighted by molar-refractivity contribution is 6.03. The number of nitrogens with zero attached hydrogens (tertiary/aromatic N) is 5. The lowest BCUT2D eigenvalue weighted by Crippen LogP contribution is -2.44. The van der Waals surface area contributed by atoms with E-state index in [-0.39, 0.29) is 11.9 Å². The van der Waals surface area contributed by atoms with Crippen molar-refractivity contribution in [2.75, 3.05) is 22.6 Å². The zero-order valence-corrected chi connectivity index (χ0v) is 18.4. The predicted molar refractivity (Wildman–Crippen MR) is 119 cm³/mol. The van der Waals surface area contributed by atoms with E-state index in [9.17, 15) is 4.79 Å². The van der Waals surface area contributed by atoms with Crippen LogP contribution in [0.25, 0.3) is 0 Å². The van der Waals surface area contributed by atoms with E-state index in [1.165, 1.54) is 0 Å². The van der Waals surface area contributed by atoms with Crippen molar-refractivity contribution in [3.63, 3.8) is 0 Å². The average Bonchev–Trinajstić information content (AvgIpc) is 3.07. The minimum Gasteiger partial charge on any atom is -0.489 e. The molecule has 0 saturated heterocycles. The molecule has 1 aliphatic rings. The van der Waals surface area contributed by atoms with E-state index in [2.05, 4.69) is 25.7 Å². The molecule has 0 radical (unpaired) electrons. The van der Waals surface area contributed by atoms with Gasteiger partial charge in [0.1, 0.15) is 24.1 Å². The summed E-state index contributed by atoms with van der Waals surface area (Å²) >= 11 is 0. The number of ether oxygens (including phenoxy) is 1. The molecule has 9 heteroatoms. The van der Waals surface area contributed by atoms with Gasteiger partial charge in [0.2, 0.25) is 11.9 Å². The third kappa shape index (κ3) is 4.30. The van der Waals surface area contributed by atoms with Gasteiger partial charge in [-0.15, -0.1) is 0 Å². The highest BCUT2D eigenvalue weighted by Crippen LogP contribution is 2.32. The lowest BCUT2D eigenvalue weighted by atomic mass is 10.2. The molecule has 0 unspecified atom stereocenters. The van der Waals surface area contributed by atoms with E-state index in [4.69, 9.17) is 4.74 Å². The highest BCUT2D eigenvalue weighted by atomic mass is 16.5. The van der Waals surface area contributed by atoms with Crippen molar-refractivity contribution in [3.05, 3.63) is 53.0 Å². The lowest BCUT2D eigenvalue weighted by Gasteiger charge is -2.32. The molecular weight excluding hydrogens is 394 g/mol. The standard InChI is InChI=1S/C22H27N7O2/c1-13-17(11-28(4)27-13)12-31-18-8-6-16(7-9-18)10-23-22-24-14(2)19-20(26-22)29(5)15(3)21(30)25-19/h6-9,11,15H,10,12H2,1-5H3,(H,25,30)(H,23,24,26)/t15-/m0/s1. The molecule has 3 heterocycles. The summed E-state index contributed by atoms with van der Waals surface area (Å²) < 4.78 is 7.67. The SMILES string of the molecule is Cc1nn(C)cc1COc1ccc(CNc2nc(C)c3c(n2)N(C)[C@@H](C)C(=O)N3)cc1. The molecule has 1 atom stereocenters. The van der Waals surface area contributed by atoms with Gasteiger partial charge in [-0.3, -0.25) is 9.48 Å². The summed E-state index contributed by atoms with van der Waals surface area (Å²) in [4.78, 5) is 23.0. The van der Waals surface area contributed by atoms with Gasteiger partial charge in [0.05, 0.1) is 11.4 Å². The van der Waals surface area contributed by atoms with E-state index >= 15 is 0 Å². The van der Waals surface area contributed by atoms with Gasteiger partial charge in [0, 0.05) is 32.4 Å². The van der Waals surface area contributed by atoms with Gasteiger partial charge in [-0.05, 0) is 38.5 Å². The van der Waals surface area contributed by atoms with E-state index in [1.54, 1.807) is 4.68 Å². The Labute approximate surface area is 181 Å². The summed E-state index contributed by atoms with van der Waals surface area (Å²) in [6, 6.07) is 7.65. The predicted octanol–water partition coefficient (Wildman–Crippen LogP) is 2.79. The molecule has 2 aromatic heterocycles. The van der Waals surface area contributed by atoms with Crippen LogP contribution in [-0.4, -0.2) is 38.7 Å². The minimum absolute atomic E-state index is 0.0524. The van der Waals surface area contributed by atoms with E-state index in [1.807, 2.05) is 70.2 Å². The van der Waals surface area contributed by atoms with Crippen LogP contribution in [0.15, 0.2) is 30.5 Å². The first kappa shape index (κ1) is 20.6. The molecule has 1 amide bonds. The fraction of sp³-hybridized carbons (Fsp3) is 0.364. The lowest BCUT2D eigenvalue weighted by molar-refractivity contribution is -0.117. The highest BCUT2D eigenvalue weighted by Gasteiger charge is 2.30. The molecule has 31 heavy (non-hydrogen) atoms. The van der Waals surface area contributed by atoms with Crippen molar-refractivity contribution in [1.82, 2.24) is 19.7 Å². The van der Waals surface area contributed by atoms with Crippen LogP contribution >= 0.6 is 0 Å². The number of hydrogen-bond acceptors (Lipinski definition) is 7. The van der Waals surface area contributed by atoms with Crippen LogP contribution in [0.1, 0.15) is 29.4 Å². The molecule has 9 nitrogen and oxygen atoms in total. The van der Waals surface area contributed by atoms with Crippen LogP contribution in [0, 0.1) is 13.8 Å². The number of carbonyl (C=O) groups is 1. The van der Waals surface area contributed by atoms with Crippen molar-refractivity contribution in [3.8, 4) is 5.75 Å². The van der Waals surface area contributed by atoms with Crippen molar-refractivity contribution in [2.24, 2.45) is 7.05 Å². The van der Waals surface area contributed by atoms with Crippen molar-refractivity contribution in [2.45, 2.75) is 40.0 Å². The van der Waals surface area contributed by atoms with Gasteiger partial charge in [-0.1, -0.05) is 12.1 Å². The first-order chi connectivity index (χ1) is 14.8. The molecule has 0 saturated carbocycles. The molecule has 162 valence electrons. The Balaban J connectivity index is 1.39. The summed E-state index contributed by atoms with van der Waals surface area (Å²) in [5.74, 6) is 2.00. The van der Waals surface area contributed by atoms with Crippen LogP contribution in [0.3, 0.4) is 0 Å². The minimum atomic E-state index is -0.280. The summed E-state index contributed by atoms with van der Waals surface area (Å²) in [5, 5.41) is 10.5. The average molecular weight is 422 g/mol. The Kier molecular flexibility index (Phi) is 5.50. The Morgan fingerprint density at radius 2 is 1.87 bits per heavy atom. The molecule has 2 N–H and O–H groups in total. The number of rotatable bonds is 6. The summed E-state index contributed by atoms with van der Waals surface area (Å²) in [6.07, 6.45) is 1.97. The summed E-state index contributed by atoms with van der Waals surface area (Å²) in [5.41, 5.74) is 4.53. The van der Waals surface area contributed by atoms with Crippen LogP contribution in [0.5, 0.6) is 5.75 Å². The summed E-state index contributed by atoms with van der Waals surface area (Å²) in [6.45, 7) is 6.76. The zero-order chi connectivity index (χ0) is 22.1. The second-order valence-electron chi connectivity index (χ2n) is 7.81. The fourth-order valence-electron chi connectivity index (χ4n) is 3.46. The normalized spacial score (nSPS) is 15.5. The second kappa shape index (κ2) is 8.25. The van der Waals surface area contributed by atoms with Gasteiger partial charge in [0.15, 0.2) is 5.82 Å². The molecule has 0 aliphatic carbocycles. The topological polar surface area (TPSA) is 97.2 Å². The van der Waals surface area contributed by atoms with Gasteiger partial charge in [-0.25, -0.2) is 4.98 Å². The molecule has 0 fully saturated rings. The third-order valence-electron chi connectivity index (χ3n) is 5.50. The maximum absolute atomic E-state index is 12.0. The molecule has 0 spiro atoms. The van der Waals surface area contributed by atoms with Crippen LogP contribution < -0.4 is 20.3 Å². The van der Waals surface area contributed by atoms with Gasteiger partial charge < -0.3 is 20.3 Å². The Bertz CT molecular complexity index is 1110. The number of aromatic nitrogens is 4. The number of amides is 1. The number of anilines is 3. The quantitative estimate of drug-likeness (QED) is 0.632. The Hall–Kier alpha value is -3.62. The second-order valence-corrected chi connectivity index (χ2v) is 7.81. The van der Waals surface area contributed by atoms with Gasteiger partial charge in [-0.2, -0.15) is 10.1 Å². The molecule has 3 aromatic rings. The number of carbonyl (C=O) groups excluding carboxylic acids is 1. The molecule has 4 rings (SSSR count). The van der Waals surface area contributed by atoms with E-state index < -0.39 is 0 Å². The monoisotopic (exact) mass is 421 g/mol. The molecule has 0 bridgehead atoms. The largest absolute Gasteiger partial charge is 0.489 e. The molecular formula is C22H27N7O2. The van der Waals surface area contributed by atoms with Crippen LogP contribution in [0.4, 0.5) is 17.5 Å². The Morgan fingerprint density at radius 3 is 2.55 bits per heavy atom. The van der Waals surface area contributed by atoms with Crippen molar-refractivity contribution < 1.29 is 9.53 Å². The Morgan fingerprint density at radius 1 is 1.13 bits per heavy atom. The number of likely N-dealkylation sites (N-methyl/N-ethyl adjacent to an activating group) is 1. The van der Waals surface area contributed by atoms with Crippen LogP contribution in [-0.2, 0) is 25.0 Å². The number of nitrogens with one attached hydrogen (secondary N) is 2. The number of hydrogen-bond donors (Lipinski definition) is 2. The van der Waals surface area contributed by atoms with E-state index in [0.29, 0.717) is 24.8 Å². The molecule has 1 aliphatic heterocycles. The zero-order valence-electron chi connectivity index (χ0n) is 18.4. The number of fused-ring (bicyclic) bond motifs is 1. The maximum atomic E-state index is 12.0. The fourth-order valence-corrected chi connectivity index (χ4v) is 3.46. The van der Waals surface area contributed by atoms with Crippen molar-refractivity contribution in [1.29, 1.82) is 0 Å². The van der Waals surface area contributed by atoms with Gasteiger partial charge in [0.25, 0.3) is 0 Å². The number of benzene rings is 1. The maximum Gasteiger partial charge on any atom is 0.246 e. The molecule has 1 aromatic carbocycles. The first-order valence-corrected chi connectivity index (χ1v) is 10.2. The van der Waals surface area contributed by atoms with Crippen molar-refractivity contribution >= 4 is 23.4 Å². The number of aryl methyl sites for hydroxylation is 3. The third-order valence-corrected chi connectivity index (χ3v) is 5.50. The summed E-state index contributed by atoms with van der Waals surface area (Å²) in [7, 11) is 3.77. The van der Waals surface area contributed by atoms with Crippen LogP contribution in [0.2, 0.25) is 0 Å². The smallest absolute Gasteiger partial charge is 0.246 e. The van der Waals surface area contributed by atoms with E-state index in [0.717, 1.165) is 34.1 Å².